The molecular weight excluding hydrogens is 346 g/mol. The molecule has 5 N–H and O–H groups in total. The molecule has 0 atom stereocenters. The highest BCUT2D eigenvalue weighted by Crippen LogP contribution is 2.19. The number of imidazole rings is 1. The number of H-pyrrole nitrogens is 1. The van der Waals surface area contributed by atoms with E-state index in [1.807, 2.05) is 30.3 Å². The summed E-state index contributed by atoms with van der Waals surface area (Å²) in [4.78, 5) is 27.2. The number of carbonyl (C=O) groups is 1. The van der Waals surface area contributed by atoms with Crippen molar-refractivity contribution in [1.29, 1.82) is 0 Å². The van der Waals surface area contributed by atoms with E-state index in [-0.39, 0.29) is 5.91 Å². The van der Waals surface area contributed by atoms with Crippen molar-refractivity contribution in [1.82, 2.24) is 25.4 Å². The minimum Gasteiger partial charge on any atom is -0.368 e. The van der Waals surface area contributed by atoms with Gasteiger partial charge in [-0.25, -0.2) is 10.5 Å². The van der Waals surface area contributed by atoms with E-state index in [9.17, 15) is 4.79 Å². The summed E-state index contributed by atoms with van der Waals surface area (Å²) in [5.74, 6) is 0.855. The van der Waals surface area contributed by atoms with Crippen molar-refractivity contribution in [3.05, 3.63) is 42.2 Å². The molecule has 3 rings (SSSR count). The molecule has 2 heterocycles. The maximum absolute atomic E-state index is 11.0. The first kappa shape index (κ1) is 18.6. The summed E-state index contributed by atoms with van der Waals surface area (Å²) in [6, 6.07) is 10.0. The number of hydrogen-bond acceptors (Lipinski definition) is 7. The Bertz CT molecular complexity index is 867. The standard InChI is InChI=1S/C18H23N7O2/c26-14(25-27)9-5-2-6-10-19-16-15-17(22-12-21-15)24-18(23-16)20-11-13-7-3-1-4-8-13/h1,3-4,7-8,12,27H,2,5-6,9-11H2,(H,25,26)(H3,19,20,21,22,23,24). The molecule has 0 aliphatic heterocycles. The molecule has 9 heteroatoms. The predicted molar refractivity (Wildman–Crippen MR) is 102 cm³/mol. The van der Waals surface area contributed by atoms with Gasteiger partial charge in [0.15, 0.2) is 11.5 Å². The largest absolute Gasteiger partial charge is 0.368 e. The van der Waals surface area contributed by atoms with Gasteiger partial charge < -0.3 is 15.6 Å². The van der Waals surface area contributed by atoms with Crippen LogP contribution >= 0.6 is 0 Å². The fourth-order valence-electron chi connectivity index (χ4n) is 2.67. The zero-order chi connectivity index (χ0) is 18.9. The van der Waals surface area contributed by atoms with E-state index in [2.05, 4.69) is 30.6 Å². The van der Waals surface area contributed by atoms with Crippen molar-refractivity contribution in [3.8, 4) is 0 Å². The van der Waals surface area contributed by atoms with E-state index in [1.54, 1.807) is 11.8 Å². The number of anilines is 2. The normalized spacial score (nSPS) is 10.7. The molecule has 0 fully saturated rings. The number of benzene rings is 1. The molecular formula is C18H23N7O2. The molecule has 3 aromatic rings. The maximum atomic E-state index is 11.0. The lowest BCUT2D eigenvalue weighted by Crippen LogP contribution is -2.17. The third-order valence-corrected chi connectivity index (χ3v) is 4.08. The van der Waals surface area contributed by atoms with E-state index in [0.717, 1.165) is 30.3 Å². The summed E-state index contributed by atoms with van der Waals surface area (Å²) in [7, 11) is 0. The van der Waals surface area contributed by atoms with Crippen molar-refractivity contribution >= 4 is 28.8 Å². The van der Waals surface area contributed by atoms with E-state index in [0.29, 0.717) is 36.9 Å². The highest BCUT2D eigenvalue weighted by atomic mass is 16.5. The van der Waals surface area contributed by atoms with Gasteiger partial charge >= 0.3 is 0 Å². The summed E-state index contributed by atoms with van der Waals surface area (Å²) in [5, 5.41) is 15.0. The third-order valence-electron chi connectivity index (χ3n) is 4.08. The number of aromatic amines is 1. The van der Waals surface area contributed by atoms with Crippen LogP contribution in [0.2, 0.25) is 0 Å². The molecule has 27 heavy (non-hydrogen) atoms. The van der Waals surface area contributed by atoms with Gasteiger partial charge in [0, 0.05) is 19.5 Å². The highest BCUT2D eigenvalue weighted by molar-refractivity contribution is 5.83. The molecule has 0 aliphatic carbocycles. The average Bonchev–Trinajstić information content (AvgIpc) is 3.18. The van der Waals surface area contributed by atoms with E-state index in [4.69, 9.17) is 5.21 Å². The summed E-state index contributed by atoms with van der Waals surface area (Å²) in [6.07, 6.45) is 4.39. The quantitative estimate of drug-likeness (QED) is 0.211. The number of fused-ring (bicyclic) bond motifs is 1. The van der Waals surface area contributed by atoms with Crippen molar-refractivity contribution < 1.29 is 10.0 Å². The number of unbranched alkanes of at least 4 members (excludes halogenated alkanes) is 2. The molecule has 0 spiro atoms. The van der Waals surface area contributed by atoms with Crippen LogP contribution in [-0.2, 0) is 11.3 Å². The first-order chi connectivity index (χ1) is 13.3. The Morgan fingerprint density at radius 1 is 1.07 bits per heavy atom. The Balaban J connectivity index is 1.56. The van der Waals surface area contributed by atoms with Crippen LogP contribution in [0.4, 0.5) is 11.8 Å². The molecule has 2 aromatic heterocycles. The zero-order valence-corrected chi connectivity index (χ0v) is 14.9. The average molecular weight is 369 g/mol. The summed E-state index contributed by atoms with van der Waals surface area (Å²) in [6.45, 7) is 1.34. The number of nitrogens with zero attached hydrogens (tertiary/aromatic N) is 3. The molecule has 0 saturated heterocycles. The second-order valence-corrected chi connectivity index (χ2v) is 6.11. The smallest absolute Gasteiger partial charge is 0.243 e. The molecule has 1 aromatic carbocycles. The van der Waals surface area contributed by atoms with E-state index >= 15 is 0 Å². The van der Waals surface area contributed by atoms with E-state index in [1.165, 1.54) is 0 Å². The fourth-order valence-corrected chi connectivity index (χ4v) is 2.67. The maximum Gasteiger partial charge on any atom is 0.243 e. The number of nitrogens with one attached hydrogen (secondary N) is 4. The van der Waals surface area contributed by atoms with Gasteiger partial charge in [0.1, 0.15) is 5.52 Å². The molecule has 0 bridgehead atoms. The SMILES string of the molecule is O=C(CCCCCNc1nc(NCc2ccccc2)nc2nc[nH]c12)NO. The number of amides is 1. The Hall–Kier alpha value is -3.20. The zero-order valence-electron chi connectivity index (χ0n) is 14.9. The van der Waals surface area contributed by atoms with Crippen molar-refractivity contribution in [2.24, 2.45) is 0 Å². The topological polar surface area (TPSA) is 128 Å². The van der Waals surface area contributed by atoms with Gasteiger partial charge in [-0.1, -0.05) is 36.8 Å². The van der Waals surface area contributed by atoms with Crippen LogP contribution in [0, 0.1) is 0 Å². The molecule has 1 amide bonds. The van der Waals surface area contributed by atoms with Crippen LogP contribution in [0.3, 0.4) is 0 Å². The van der Waals surface area contributed by atoms with Gasteiger partial charge in [-0.2, -0.15) is 9.97 Å². The lowest BCUT2D eigenvalue weighted by Gasteiger charge is -2.09. The summed E-state index contributed by atoms with van der Waals surface area (Å²) in [5.41, 5.74) is 4.15. The predicted octanol–water partition coefficient (Wildman–Crippen LogP) is 2.44. The first-order valence-corrected chi connectivity index (χ1v) is 8.92. The number of hydroxylamine groups is 1. The Morgan fingerprint density at radius 2 is 1.93 bits per heavy atom. The van der Waals surface area contributed by atoms with Gasteiger partial charge in [-0.05, 0) is 18.4 Å². The van der Waals surface area contributed by atoms with Crippen molar-refractivity contribution in [3.63, 3.8) is 0 Å². The second-order valence-electron chi connectivity index (χ2n) is 6.11. The van der Waals surface area contributed by atoms with Crippen molar-refractivity contribution in [2.45, 2.75) is 32.2 Å². The molecule has 0 unspecified atom stereocenters. The second kappa shape index (κ2) is 9.48. The van der Waals surface area contributed by atoms with Crippen LogP contribution in [0.25, 0.3) is 11.2 Å². The van der Waals surface area contributed by atoms with E-state index < -0.39 is 0 Å². The molecule has 0 saturated carbocycles. The van der Waals surface area contributed by atoms with Gasteiger partial charge in [0.25, 0.3) is 0 Å². The summed E-state index contributed by atoms with van der Waals surface area (Å²) >= 11 is 0. The van der Waals surface area contributed by atoms with Crippen LogP contribution in [0.1, 0.15) is 31.2 Å². The highest BCUT2D eigenvalue weighted by Gasteiger charge is 2.09. The van der Waals surface area contributed by atoms with Gasteiger partial charge in [-0.15, -0.1) is 0 Å². The van der Waals surface area contributed by atoms with Gasteiger partial charge in [-0.3, -0.25) is 10.0 Å². The number of rotatable bonds is 10. The summed E-state index contributed by atoms with van der Waals surface area (Å²) < 4.78 is 0. The minimum absolute atomic E-state index is 0.322. The minimum atomic E-state index is -0.355. The van der Waals surface area contributed by atoms with Gasteiger partial charge in [0.2, 0.25) is 11.9 Å². The number of carbonyl (C=O) groups excluding carboxylic acids is 1. The fraction of sp³-hybridized carbons (Fsp3) is 0.333. The lowest BCUT2D eigenvalue weighted by molar-refractivity contribution is -0.129. The van der Waals surface area contributed by atoms with Crippen molar-refractivity contribution in [2.75, 3.05) is 17.2 Å². The van der Waals surface area contributed by atoms with Crippen LogP contribution in [0.5, 0.6) is 0 Å². The number of aromatic nitrogens is 4. The number of hydrogen-bond donors (Lipinski definition) is 5. The molecule has 0 radical (unpaired) electrons. The van der Waals surface area contributed by atoms with Crippen LogP contribution in [0.15, 0.2) is 36.7 Å². The molecule has 9 nitrogen and oxygen atoms in total. The van der Waals surface area contributed by atoms with Gasteiger partial charge in [0.05, 0.1) is 6.33 Å². The Labute approximate surface area is 156 Å². The molecule has 142 valence electrons. The first-order valence-electron chi connectivity index (χ1n) is 8.92. The Morgan fingerprint density at radius 3 is 2.74 bits per heavy atom. The Kier molecular flexibility index (Phi) is 6.53. The van der Waals surface area contributed by atoms with Crippen LogP contribution < -0.4 is 16.1 Å². The third kappa shape index (κ3) is 5.38. The van der Waals surface area contributed by atoms with Crippen LogP contribution in [-0.4, -0.2) is 37.6 Å². The molecule has 0 aliphatic rings. The lowest BCUT2D eigenvalue weighted by atomic mass is 10.2. The monoisotopic (exact) mass is 369 g/mol.